The second-order valence-corrected chi connectivity index (χ2v) is 6.66. The number of rotatable bonds is 8. The van der Waals surface area contributed by atoms with Crippen LogP contribution in [0.3, 0.4) is 0 Å². The zero-order valence-corrected chi connectivity index (χ0v) is 19.0. The minimum absolute atomic E-state index is 0. The van der Waals surface area contributed by atoms with E-state index in [1.165, 1.54) is 11.1 Å². The van der Waals surface area contributed by atoms with Gasteiger partial charge in [-0.3, -0.25) is 9.69 Å². The van der Waals surface area contributed by atoms with E-state index in [9.17, 15) is 4.79 Å². The van der Waals surface area contributed by atoms with Crippen molar-refractivity contribution in [2.24, 2.45) is 5.92 Å². The Morgan fingerprint density at radius 3 is 2.15 bits per heavy atom. The van der Waals surface area contributed by atoms with Crippen molar-refractivity contribution >= 4 is 43.1 Å². The molecule has 1 amide bonds. The molecule has 8 heteroatoms. The van der Waals surface area contributed by atoms with E-state index in [0.717, 1.165) is 39.3 Å². The summed E-state index contributed by atoms with van der Waals surface area (Å²) < 4.78 is 0. The van der Waals surface area contributed by atoms with Crippen LogP contribution in [0.2, 0.25) is 0 Å². The highest BCUT2D eigenvalue weighted by Gasteiger charge is 2.17. The molecule has 2 rings (SSSR count). The van der Waals surface area contributed by atoms with Gasteiger partial charge in [0.25, 0.3) is 0 Å². The molecule has 1 saturated heterocycles. The lowest BCUT2D eigenvalue weighted by atomic mass is 10.1. The minimum Gasteiger partial charge on any atom is -0.352 e. The Labute approximate surface area is 182 Å². The van der Waals surface area contributed by atoms with Crippen LogP contribution in [0.5, 0.6) is 0 Å². The molecular weight excluding hydrogens is 407 g/mol. The highest BCUT2D eigenvalue weighted by atomic mass is 35.5. The lowest BCUT2D eigenvalue weighted by molar-refractivity contribution is -0.124. The third-order valence-corrected chi connectivity index (χ3v) is 4.84. The van der Waals surface area contributed by atoms with Crippen molar-refractivity contribution in [3.63, 3.8) is 0 Å². The van der Waals surface area contributed by atoms with Gasteiger partial charge in [0.1, 0.15) is 0 Å². The van der Waals surface area contributed by atoms with Crippen LogP contribution >= 0.6 is 37.2 Å². The summed E-state index contributed by atoms with van der Waals surface area (Å²) in [7, 11) is 1.87. The van der Waals surface area contributed by atoms with E-state index in [1.54, 1.807) is 0 Å². The Morgan fingerprint density at radius 2 is 1.59 bits per heavy atom. The largest absolute Gasteiger partial charge is 0.352 e. The molecule has 1 atom stereocenters. The molecule has 1 heterocycles. The number of hydrogen-bond acceptors (Lipinski definition) is 4. The number of nitrogens with zero attached hydrogens (tertiary/aromatic N) is 2. The van der Waals surface area contributed by atoms with E-state index < -0.39 is 0 Å². The van der Waals surface area contributed by atoms with Crippen molar-refractivity contribution in [1.82, 2.24) is 20.4 Å². The minimum atomic E-state index is -0.00992. The van der Waals surface area contributed by atoms with Gasteiger partial charge in [-0.15, -0.1) is 37.2 Å². The van der Waals surface area contributed by atoms with E-state index in [4.69, 9.17) is 0 Å². The average Bonchev–Trinajstić information content (AvgIpc) is 2.61. The molecule has 1 aromatic rings. The first-order chi connectivity index (χ1) is 11.6. The van der Waals surface area contributed by atoms with Crippen molar-refractivity contribution in [2.75, 3.05) is 46.3 Å². The molecule has 0 aromatic heterocycles. The number of hydrogen-bond donors (Lipinski definition) is 2. The zero-order chi connectivity index (χ0) is 17.4. The maximum atomic E-state index is 12.1. The van der Waals surface area contributed by atoms with Gasteiger partial charge in [0.15, 0.2) is 0 Å². The molecule has 1 unspecified atom stereocenters. The molecule has 1 aliphatic rings. The SMILES string of the molecule is CCN1CCN(Cc2ccccc2CNC(=O)C(C)CNC)CC1.Cl.Cl.Cl. The Balaban J connectivity index is 0. The van der Waals surface area contributed by atoms with Crippen LogP contribution in [-0.4, -0.2) is 62.0 Å². The van der Waals surface area contributed by atoms with Gasteiger partial charge in [-0.25, -0.2) is 0 Å². The number of benzene rings is 1. The summed E-state index contributed by atoms with van der Waals surface area (Å²) in [6, 6.07) is 8.45. The number of likely N-dealkylation sites (N-methyl/N-ethyl adjacent to an activating group) is 1. The normalized spacial score (nSPS) is 15.7. The Hall–Kier alpha value is -0.560. The van der Waals surface area contributed by atoms with Gasteiger partial charge in [0.2, 0.25) is 5.91 Å². The van der Waals surface area contributed by atoms with Crippen molar-refractivity contribution in [1.29, 1.82) is 0 Å². The lowest BCUT2D eigenvalue weighted by Crippen LogP contribution is -2.45. The van der Waals surface area contributed by atoms with Crippen LogP contribution in [0.15, 0.2) is 24.3 Å². The Bertz CT molecular complexity index is 525. The predicted octanol–water partition coefficient (Wildman–Crippen LogP) is 2.56. The standard InChI is InChI=1S/C19H32N4O.3ClH/c1-4-22-9-11-23(12-10-22)15-18-8-6-5-7-17(18)14-21-19(24)16(2)13-20-3;;;/h5-8,16,20H,4,9-15H2,1-3H3,(H,21,24);3*1H. The van der Waals surface area contributed by atoms with E-state index in [2.05, 4.69) is 51.6 Å². The Morgan fingerprint density at radius 1 is 1.04 bits per heavy atom. The summed E-state index contributed by atoms with van der Waals surface area (Å²) >= 11 is 0. The Kier molecular flexibility index (Phi) is 16.3. The number of halogens is 3. The average molecular weight is 442 g/mol. The first-order valence-corrected chi connectivity index (χ1v) is 9.07. The summed E-state index contributed by atoms with van der Waals surface area (Å²) in [6.07, 6.45) is 0. The molecule has 27 heavy (non-hydrogen) atoms. The molecule has 0 spiro atoms. The van der Waals surface area contributed by atoms with Crippen molar-refractivity contribution in [3.8, 4) is 0 Å². The van der Waals surface area contributed by atoms with Gasteiger partial charge in [0, 0.05) is 51.7 Å². The number of carbonyl (C=O) groups is 1. The monoisotopic (exact) mass is 440 g/mol. The summed E-state index contributed by atoms with van der Waals surface area (Å²) in [5.41, 5.74) is 2.55. The summed E-state index contributed by atoms with van der Waals surface area (Å²) in [4.78, 5) is 17.1. The smallest absolute Gasteiger partial charge is 0.224 e. The maximum absolute atomic E-state index is 12.1. The van der Waals surface area contributed by atoms with E-state index in [0.29, 0.717) is 13.1 Å². The van der Waals surface area contributed by atoms with Gasteiger partial charge in [-0.2, -0.15) is 0 Å². The third kappa shape index (κ3) is 9.46. The molecule has 0 radical (unpaired) electrons. The quantitative estimate of drug-likeness (QED) is 0.651. The maximum Gasteiger partial charge on any atom is 0.224 e. The van der Waals surface area contributed by atoms with Crippen LogP contribution in [0, 0.1) is 5.92 Å². The molecule has 0 bridgehead atoms. The van der Waals surface area contributed by atoms with Gasteiger partial charge in [0.05, 0.1) is 0 Å². The van der Waals surface area contributed by atoms with Crippen LogP contribution in [0.4, 0.5) is 0 Å². The fraction of sp³-hybridized carbons (Fsp3) is 0.632. The molecule has 0 saturated carbocycles. The van der Waals surface area contributed by atoms with Crippen LogP contribution in [0.1, 0.15) is 25.0 Å². The third-order valence-electron chi connectivity index (χ3n) is 4.84. The van der Waals surface area contributed by atoms with Crippen LogP contribution < -0.4 is 10.6 Å². The molecule has 2 N–H and O–H groups in total. The lowest BCUT2D eigenvalue weighted by Gasteiger charge is -2.34. The second-order valence-electron chi connectivity index (χ2n) is 6.66. The van der Waals surface area contributed by atoms with Crippen LogP contribution in [0.25, 0.3) is 0 Å². The number of nitrogens with one attached hydrogen (secondary N) is 2. The van der Waals surface area contributed by atoms with Crippen molar-refractivity contribution in [2.45, 2.75) is 26.9 Å². The topological polar surface area (TPSA) is 47.6 Å². The summed E-state index contributed by atoms with van der Waals surface area (Å²) in [5, 5.41) is 6.12. The van der Waals surface area contributed by atoms with E-state index in [1.807, 2.05) is 14.0 Å². The molecule has 5 nitrogen and oxygen atoms in total. The molecular formula is C19H35Cl3N4O. The fourth-order valence-electron chi connectivity index (χ4n) is 3.14. The predicted molar refractivity (Wildman–Crippen MR) is 121 cm³/mol. The number of carbonyl (C=O) groups excluding carboxylic acids is 1. The van der Waals surface area contributed by atoms with E-state index >= 15 is 0 Å². The molecule has 158 valence electrons. The summed E-state index contributed by atoms with van der Waals surface area (Å²) in [6.45, 7) is 12.1. The molecule has 0 aliphatic carbocycles. The highest BCUT2D eigenvalue weighted by Crippen LogP contribution is 2.14. The summed E-state index contributed by atoms with van der Waals surface area (Å²) in [5.74, 6) is 0.0972. The van der Waals surface area contributed by atoms with Crippen molar-refractivity contribution in [3.05, 3.63) is 35.4 Å². The van der Waals surface area contributed by atoms with Gasteiger partial charge < -0.3 is 15.5 Å². The highest BCUT2D eigenvalue weighted by molar-refractivity contribution is 5.86. The number of amides is 1. The van der Waals surface area contributed by atoms with Gasteiger partial charge in [-0.1, -0.05) is 38.1 Å². The van der Waals surface area contributed by atoms with Crippen LogP contribution in [-0.2, 0) is 17.9 Å². The first-order valence-electron chi connectivity index (χ1n) is 9.07. The molecule has 1 aromatic carbocycles. The van der Waals surface area contributed by atoms with Crippen molar-refractivity contribution < 1.29 is 4.79 Å². The van der Waals surface area contributed by atoms with Gasteiger partial charge in [-0.05, 0) is 24.7 Å². The molecule has 1 fully saturated rings. The second kappa shape index (κ2) is 15.4. The van der Waals surface area contributed by atoms with E-state index in [-0.39, 0.29) is 49.0 Å². The number of piperazine rings is 1. The van der Waals surface area contributed by atoms with Gasteiger partial charge >= 0.3 is 0 Å². The fourth-order valence-corrected chi connectivity index (χ4v) is 3.14. The zero-order valence-electron chi connectivity index (χ0n) is 16.6. The molecule has 1 aliphatic heterocycles. The first kappa shape index (κ1) is 28.6.